The third kappa shape index (κ3) is 3.43. The van der Waals surface area contributed by atoms with Crippen LogP contribution in [0.3, 0.4) is 0 Å². The fourth-order valence-electron chi connectivity index (χ4n) is 3.43. The largest absolute Gasteiger partial charge is 0.368 e. The van der Waals surface area contributed by atoms with Crippen molar-refractivity contribution in [1.82, 2.24) is 20.4 Å². The molecule has 0 saturated carbocycles. The lowest BCUT2D eigenvalue weighted by molar-refractivity contribution is 0.424. The summed E-state index contributed by atoms with van der Waals surface area (Å²) in [6, 6.07) is 6.31. The van der Waals surface area contributed by atoms with Crippen molar-refractivity contribution >= 4 is 11.6 Å². The van der Waals surface area contributed by atoms with Gasteiger partial charge in [-0.25, -0.2) is 0 Å². The van der Waals surface area contributed by atoms with Crippen molar-refractivity contribution < 1.29 is 0 Å². The van der Waals surface area contributed by atoms with Crippen LogP contribution >= 0.6 is 0 Å². The van der Waals surface area contributed by atoms with Crippen molar-refractivity contribution in [2.75, 3.05) is 29.9 Å². The van der Waals surface area contributed by atoms with E-state index in [1.54, 1.807) is 0 Å². The highest BCUT2D eigenvalue weighted by molar-refractivity contribution is 5.45. The quantitative estimate of drug-likeness (QED) is 0.924. The van der Waals surface area contributed by atoms with Crippen molar-refractivity contribution in [1.29, 1.82) is 0 Å². The zero-order valence-corrected chi connectivity index (χ0v) is 15.3. The molecule has 0 atom stereocenters. The Kier molecular flexibility index (Phi) is 4.06. The second kappa shape index (κ2) is 6.24. The number of hydrogen-bond donors (Lipinski definition) is 1. The molecule has 2 aromatic rings. The topological polar surface area (TPSA) is 66.8 Å². The Morgan fingerprint density at radius 2 is 1.92 bits per heavy atom. The van der Waals surface area contributed by atoms with E-state index in [4.69, 9.17) is 0 Å². The van der Waals surface area contributed by atoms with Crippen LogP contribution in [0.25, 0.3) is 0 Å². The van der Waals surface area contributed by atoms with Crippen LogP contribution in [0, 0.1) is 5.92 Å². The molecule has 0 spiro atoms. The number of rotatable bonds is 4. The fraction of sp³-hybridized carbons (Fsp3) is 0.579. The third-order valence-corrected chi connectivity index (χ3v) is 5.09. The number of nitrogens with zero attached hydrogens (tertiary/aromatic N) is 5. The molecule has 0 aromatic carbocycles. The number of aromatic nitrogens is 4. The van der Waals surface area contributed by atoms with Crippen LogP contribution in [-0.4, -0.2) is 40.0 Å². The van der Waals surface area contributed by atoms with Crippen LogP contribution in [0.15, 0.2) is 18.2 Å². The Hall–Kier alpha value is -2.24. The molecule has 0 radical (unpaired) electrons. The zero-order chi connectivity index (χ0) is 17.4. The van der Waals surface area contributed by atoms with Crippen LogP contribution in [0.5, 0.6) is 0 Å². The van der Waals surface area contributed by atoms with Gasteiger partial charge >= 0.3 is 0 Å². The van der Waals surface area contributed by atoms with Gasteiger partial charge in [0.2, 0.25) is 0 Å². The predicted octanol–water partition coefficient (Wildman–Crippen LogP) is 2.60. The molecule has 0 bridgehead atoms. The molecule has 4 rings (SSSR count). The molecule has 1 aliphatic carbocycles. The van der Waals surface area contributed by atoms with Gasteiger partial charge in [0.1, 0.15) is 5.82 Å². The van der Waals surface area contributed by atoms with E-state index < -0.39 is 0 Å². The van der Waals surface area contributed by atoms with Crippen LogP contribution in [0.4, 0.5) is 11.6 Å². The first-order chi connectivity index (χ1) is 12.0. The highest BCUT2D eigenvalue weighted by Gasteiger charge is 2.29. The van der Waals surface area contributed by atoms with Gasteiger partial charge in [-0.3, -0.25) is 0 Å². The Labute approximate surface area is 149 Å². The van der Waals surface area contributed by atoms with Crippen molar-refractivity contribution in [3.05, 3.63) is 35.2 Å². The van der Waals surface area contributed by atoms with Crippen LogP contribution < -0.4 is 10.2 Å². The minimum atomic E-state index is 0.0386. The van der Waals surface area contributed by atoms with Gasteiger partial charge in [-0.05, 0) is 43.0 Å². The Morgan fingerprint density at radius 1 is 1.08 bits per heavy atom. The summed E-state index contributed by atoms with van der Waals surface area (Å²) in [5, 5.41) is 20.8. The molecule has 6 nitrogen and oxygen atoms in total. The molecular formula is C19H26N6. The lowest BCUT2D eigenvalue weighted by atomic mass is 9.92. The maximum atomic E-state index is 4.39. The number of aryl methyl sites for hydroxylation is 2. The Balaban J connectivity index is 1.27. The molecule has 25 heavy (non-hydrogen) atoms. The molecule has 0 amide bonds. The summed E-state index contributed by atoms with van der Waals surface area (Å²) in [6.45, 7) is 9.40. The molecule has 1 N–H and O–H groups in total. The summed E-state index contributed by atoms with van der Waals surface area (Å²) in [6.07, 6.45) is 3.46. The van der Waals surface area contributed by atoms with Gasteiger partial charge in [0.05, 0.1) is 11.4 Å². The smallest absolute Gasteiger partial charge is 0.151 e. The predicted molar refractivity (Wildman–Crippen MR) is 99.0 cm³/mol. The molecule has 2 aromatic heterocycles. The summed E-state index contributed by atoms with van der Waals surface area (Å²) >= 11 is 0. The van der Waals surface area contributed by atoms with Crippen LogP contribution in [0.1, 0.15) is 44.1 Å². The fourth-order valence-corrected chi connectivity index (χ4v) is 3.43. The van der Waals surface area contributed by atoms with E-state index in [9.17, 15) is 0 Å². The first-order valence-electron chi connectivity index (χ1n) is 9.17. The molecule has 0 unspecified atom stereocenters. The molecule has 3 heterocycles. The van der Waals surface area contributed by atoms with Crippen molar-refractivity contribution in [3.63, 3.8) is 0 Å². The number of fused-ring (bicyclic) bond motifs is 1. The monoisotopic (exact) mass is 338 g/mol. The minimum Gasteiger partial charge on any atom is -0.368 e. The molecule has 1 aliphatic heterocycles. The first-order valence-corrected chi connectivity index (χ1v) is 9.17. The maximum Gasteiger partial charge on any atom is 0.151 e. The van der Waals surface area contributed by atoms with E-state index >= 15 is 0 Å². The molecule has 132 valence electrons. The van der Waals surface area contributed by atoms with Crippen molar-refractivity contribution in [2.24, 2.45) is 5.92 Å². The van der Waals surface area contributed by atoms with Gasteiger partial charge in [-0.1, -0.05) is 20.8 Å². The Morgan fingerprint density at radius 3 is 2.64 bits per heavy atom. The SMILES string of the molecule is CC(C)(C)c1ccc(NCC2CN(c3cc4c(nn3)CCC4)C2)nn1. The van der Waals surface area contributed by atoms with E-state index in [1.165, 1.54) is 17.7 Å². The lowest BCUT2D eigenvalue weighted by Gasteiger charge is -2.40. The molecule has 2 aliphatic rings. The van der Waals surface area contributed by atoms with Crippen molar-refractivity contribution in [2.45, 2.75) is 45.4 Å². The maximum absolute atomic E-state index is 4.39. The van der Waals surface area contributed by atoms with E-state index in [0.29, 0.717) is 5.92 Å². The second-order valence-corrected chi connectivity index (χ2v) is 8.23. The lowest BCUT2D eigenvalue weighted by Crippen LogP contribution is -2.50. The minimum absolute atomic E-state index is 0.0386. The first kappa shape index (κ1) is 16.2. The standard InChI is InChI=1S/C19H26N6/c1-19(2,3)16-7-8-17(23-22-16)20-10-13-11-25(12-13)18-9-14-5-4-6-15(14)21-24-18/h7-9,13H,4-6,10-12H2,1-3H3,(H,20,23). The molecule has 1 fully saturated rings. The van der Waals surface area contributed by atoms with E-state index in [1.807, 2.05) is 6.07 Å². The van der Waals surface area contributed by atoms with Crippen LogP contribution in [0.2, 0.25) is 0 Å². The molecule has 6 heteroatoms. The average molecular weight is 338 g/mol. The van der Waals surface area contributed by atoms with Gasteiger partial charge < -0.3 is 10.2 Å². The summed E-state index contributed by atoms with van der Waals surface area (Å²) in [7, 11) is 0. The number of nitrogens with one attached hydrogen (secondary N) is 1. The van der Waals surface area contributed by atoms with Gasteiger partial charge in [0, 0.05) is 31.0 Å². The van der Waals surface area contributed by atoms with Gasteiger partial charge in [0.25, 0.3) is 0 Å². The Bertz CT molecular complexity index is 743. The van der Waals surface area contributed by atoms with Crippen molar-refractivity contribution in [3.8, 4) is 0 Å². The third-order valence-electron chi connectivity index (χ3n) is 5.09. The van der Waals surface area contributed by atoms with Crippen LogP contribution in [-0.2, 0) is 18.3 Å². The van der Waals surface area contributed by atoms with Gasteiger partial charge in [0.15, 0.2) is 5.82 Å². The highest BCUT2D eigenvalue weighted by atomic mass is 15.3. The zero-order valence-electron chi connectivity index (χ0n) is 15.3. The van der Waals surface area contributed by atoms with E-state index in [2.05, 4.69) is 63.5 Å². The number of anilines is 2. The summed E-state index contributed by atoms with van der Waals surface area (Å²) < 4.78 is 0. The highest BCUT2D eigenvalue weighted by Crippen LogP contribution is 2.27. The summed E-state index contributed by atoms with van der Waals surface area (Å²) in [5.41, 5.74) is 3.64. The normalized spacial score (nSPS) is 17.3. The molecular weight excluding hydrogens is 312 g/mol. The number of hydrogen-bond acceptors (Lipinski definition) is 6. The van der Waals surface area contributed by atoms with E-state index in [-0.39, 0.29) is 5.41 Å². The second-order valence-electron chi connectivity index (χ2n) is 8.23. The van der Waals surface area contributed by atoms with Gasteiger partial charge in [-0.2, -0.15) is 10.2 Å². The summed E-state index contributed by atoms with van der Waals surface area (Å²) in [4.78, 5) is 2.31. The summed E-state index contributed by atoms with van der Waals surface area (Å²) in [5.74, 6) is 2.49. The molecule has 1 saturated heterocycles. The van der Waals surface area contributed by atoms with E-state index in [0.717, 1.165) is 49.8 Å². The average Bonchev–Trinajstić information content (AvgIpc) is 3.00. The van der Waals surface area contributed by atoms with Gasteiger partial charge in [-0.15, -0.1) is 10.2 Å².